The minimum absolute atomic E-state index is 0.0566. The van der Waals surface area contributed by atoms with Gasteiger partial charge in [0.1, 0.15) is 6.04 Å². The molecule has 1 aromatic heterocycles. The normalized spacial score (nSPS) is 22.9. The molecule has 2 aliphatic heterocycles. The quantitative estimate of drug-likeness (QED) is 0.822. The van der Waals surface area contributed by atoms with Gasteiger partial charge in [-0.1, -0.05) is 6.07 Å². The predicted molar refractivity (Wildman–Crippen MR) is 95.9 cm³/mol. The maximum atomic E-state index is 12.9. The van der Waals surface area contributed by atoms with Crippen LogP contribution < -0.4 is 0 Å². The molecular formula is C19H28N4O2. The number of hydrogen-bond acceptors (Lipinski definition) is 4. The van der Waals surface area contributed by atoms with Crippen molar-refractivity contribution in [3.63, 3.8) is 0 Å². The van der Waals surface area contributed by atoms with Gasteiger partial charge in [-0.2, -0.15) is 0 Å². The fraction of sp³-hybridized carbons (Fsp3) is 0.632. The summed E-state index contributed by atoms with van der Waals surface area (Å²) in [6, 6.07) is 3.90. The molecule has 0 N–H and O–H groups in total. The van der Waals surface area contributed by atoms with Crippen molar-refractivity contribution in [2.45, 2.75) is 32.2 Å². The van der Waals surface area contributed by atoms with Gasteiger partial charge in [0.2, 0.25) is 11.8 Å². The Hall–Kier alpha value is -1.95. The van der Waals surface area contributed by atoms with Crippen LogP contribution in [0.5, 0.6) is 0 Å². The van der Waals surface area contributed by atoms with Crippen LogP contribution >= 0.6 is 0 Å². The number of hydrogen-bond donors (Lipinski definition) is 0. The number of likely N-dealkylation sites (N-methyl/N-ethyl adjacent to an activating group) is 1. The number of likely N-dealkylation sites (tertiary alicyclic amines) is 1. The van der Waals surface area contributed by atoms with Crippen LogP contribution in [0.1, 0.15) is 25.3 Å². The molecule has 136 valence electrons. The molecule has 6 heteroatoms. The first kappa shape index (κ1) is 17.9. The van der Waals surface area contributed by atoms with Crippen molar-refractivity contribution < 1.29 is 9.59 Å². The molecule has 6 nitrogen and oxygen atoms in total. The minimum atomic E-state index is -0.201. The molecule has 1 unspecified atom stereocenters. The summed E-state index contributed by atoms with van der Waals surface area (Å²) in [4.78, 5) is 34.6. The standard InChI is InChI=1S/C19H28N4O2/c1-15(24)23-11-10-21(2)18(14-23)19(25)22-8-5-16(6-9-22)12-17-4-3-7-20-13-17/h3-4,7,13,16,18H,5-6,8-12,14H2,1-2H3. The molecular weight excluding hydrogens is 316 g/mol. The zero-order chi connectivity index (χ0) is 17.8. The second-order valence-electron chi connectivity index (χ2n) is 7.30. The van der Waals surface area contributed by atoms with Gasteiger partial charge in [-0.3, -0.25) is 19.5 Å². The predicted octanol–water partition coefficient (Wildman–Crippen LogP) is 1.03. The maximum Gasteiger partial charge on any atom is 0.241 e. The highest BCUT2D eigenvalue weighted by atomic mass is 16.2. The van der Waals surface area contributed by atoms with Crippen molar-refractivity contribution in [1.29, 1.82) is 0 Å². The lowest BCUT2D eigenvalue weighted by Crippen LogP contribution is -2.59. The minimum Gasteiger partial charge on any atom is -0.341 e. The van der Waals surface area contributed by atoms with E-state index in [1.807, 2.05) is 24.2 Å². The van der Waals surface area contributed by atoms with Gasteiger partial charge in [0.15, 0.2) is 0 Å². The summed E-state index contributed by atoms with van der Waals surface area (Å²) in [6.45, 7) is 5.19. The van der Waals surface area contributed by atoms with Crippen LogP contribution in [0.3, 0.4) is 0 Å². The van der Waals surface area contributed by atoms with Crippen molar-refractivity contribution >= 4 is 11.8 Å². The van der Waals surface area contributed by atoms with Gasteiger partial charge in [0.25, 0.3) is 0 Å². The van der Waals surface area contributed by atoms with Crippen molar-refractivity contribution in [2.24, 2.45) is 5.92 Å². The van der Waals surface area contributed by atoms with Gasteiger partial charge >= 0.3 is 0 Å². The van der Waals surface area contributed by atoms with Crippen LogP contribution in [-0.4, -0.2) is 77.3 Å². The van der Waals surface area contributed by atoms with E-state index in [1.165, 1.54) is 5.56 Å². The van der Waals surface area contributed by atoms with Crippen molar-refractivity contribution in [3.8, 4) is 0 Å². The Balaban J connectivity index is 1.53. The summed E-state index contributed by atoms with van der Waals surface area (Å²) < 4.78 is 0. The molecule has 0 aromatic carbocycles. The molecule has 0 bridgehead atoms. The van der Waals surface area contributed by atoms with E-state index in [9.17, 15) is 9.59 Å². The van der Waals surface area contributed by atoms with Gasteiger partial charge in [-0.05, 0) is 43.9 Å². The van der Waals surface area contributed by atoms with Crippen LogP contribution in [-0.2, 0) is 16.0 Å². The Morgan fingerprint density at radius 3 is 2.56 bits per heavy atom. The molecule has 2 fully saturated rings. The molecule has 2 aliphatic rings. The Kier molecular flexibility index (Phi) is 5.68. The summed E-state index contributed by atoms with van der Waals surface area (Å²) in [5, 5.41) is 0. The average molecular weight is 344 g/mol. The second kappa shape index (κ2) is 7.95. The zero-order valence-electron chi connectivity index (χ0n) is 15.2. The highest BCUT2D eigenvalue weighted by Crippen LogP contribution is 2.23. The molecule has 0 spiro atoms. The molecule has 1 atom stereocenters. The highest BCUT2D eigenvalue weighted by molar-refractivity contribution is 5.83. The Bertz CT molecular complexity index is 599. The fourth-order valence-electron chi connectivity index (χ4n) is 3.85. The van der Waals surface area contributed by atoms with Crippen molar-refractivity contribution in [1.82, 2.24) is 19.7 Å². The molecule has 2 amide bonds. The summed E-state index contributed by atoms with van der Waals surface area (Å²) in [7, 11) is 1.98. The van der Waals surface area contributed by atoms with Crippen molar-refractivity contribution in [3.05, 3.63) is 30.1 Å². The Morgan fingerprint density at radius 2 is 1.92 bits per heavy atom. The highest BCUT2D eigenvalue weighted by Gasteiger charge is 2.35. The molecule has 0 radical (unpaired) electrons. The smallest absolute Gasteiger partial charge is 0.241 e. The third-order valence-electron chi connectivity index (χ3n) is 5.55. The summed E-state index contributed by atoms with van der Waals surface area (Å²) in [5.41, 5.74) is 1.27. The van der Waals surface area contributed by atoms with Crippen LogP contribution in [0.25, 0.3) is 0 Å². The molecule has 3 rings (SSSR count). The molecule has 3 heterocycles. The van der Waals surface area contributed by atoms with E-state index >= 15 is 0 Å². The van der Waals surface area contributed by atoms with E-state index in [1.54, 1.807) is 18.0 Å². The Labute approximate surface area is 149 Å². The fourth-order valence-corrected chi connectivity index (χ4v) is 3.85. The third kappa shape index (κ3) is 4.37. The van der Waals surface area contributed by atoms with E-state index in [-0.39, 0.29) is 17.9 Å². The molecule has 1 aromatic rings. The van der Waals surface area contributed by atoms with Crippen LogP contribution in [0.4, 0.5) is 0 Å². The number of pyridine rings is 1. The van der Waals surface area contributed by atoms with Gasteiger partial charge in [0.05, 0.1) is 0 Å². The maximum absolute atomic E-state index is 12.9. The molecule has 0 saturated carbocycles. The van der Waals surface area contributed by atoms with Gasteiger partial charge in [-0.15, -0.1) is 0 Å². The molecule has 0 aliphatic carbocycles. The number of nitrogens with zero attached hydrogens (tertiary/aromatic N) is 4. The van der Waals surface area contributed by atoms with Gasteiger partial charge in [-0.25, -0.2) is 0 Å². The first-order valence-electron chi connectivity index (χ1n) is 9.18. The third-order valence-corrected chi connectivity index (χ3v) is 5.55. The summed E-state index contributed by atoms with van der Waals surface area (Å²) >= 11 is 0. The number of piperidine rings is 1. The topological polar surface area (TPSA) is 56.8 Å². The van der Waals surface area contributed by atoms with E-state index in [2.05, 4.69) is 16.0 Å². The van der Waals surface area contributed by atoms with Gasteiger partial charge < -0.3 is 9.80 Å². The zero-order valence-corrected chi connectivity index (χ0v) is 15.2. The number of rotatable bonds is 3. The second-order valence-corrected chi connectivity index (χ2v) is 7.30. The number of carbonyl (C=O) groups excluding carboxylic acids is 2. The summed E-state index contributed by atoms with van der Waals surface area (Å²) in [5.74, 6) is 0.848. The van der Waals surface area contributed by atoms with E-state index in [4.69, 9.17) is 0 Å². The molecule has 2 saturated heterocycles. The first-order chi connectivity index (χ1) is 12.0. The largest absolute Gasteiger partial charge is 0.341 e. The SMILES string of the molecule is CC(=O)N1CCN(C)C(C(=O)N2CCC(Cc3cccnc3)CC2)C1. The first-order valence-corrected chi connectivity index (χ1v) is 9.18. The lowest BCUT2D eigenvalue weighted by Gasteiger charge is -2.41. The number of carbonyl (C=O) groups is 2. The van der Waals surface area contributed by atoms with Crippen LogP contribution in [0, 0.1) is 5.92 Å². The van der Waals surface area contributed by atoms with Crippen LogP contribution in [0.15, 0.2) is 24.5 Å². The van der Waals surface area contributed by atoms with Crippen molar-refractivity contribution in [2.75, 3.05) is 39.8 Å². The van der Waals surface area contributed by atoms with Crippen LogP contribution in [0.2, 0.25) is 0 Å². The van der Waals surface area contributed by atoms with E-state index in [0.717, 1.165) is 38.9 Å². The van der Waals surface area contributed by atoms with E-state index < -0.39 is 0 Å². The van der Waals surface area contributed by atoms with Gasteiger partial charge in [0, 0.05) is 52.0 Å². The lowest BCUT2D eigenvalue weighted by molar-refractivity contribution is -0.143. The lowest BCUT2D eigenvalue weighted by atomic mass is 9.90. The number of piperazine rings is 1. The monoisotopic (exact) mass is 344 g/mol. The number of amides is 2. The summed E-state index contributed by atoms with van der Waals surface area (Å²) in [6.07, 6.45) is 6.85. The average Bonchev–Trinajstić information content (AvgIpc) is 2.63. The number of aromatic nitrogens is 1. The van der Waals surface area contributed by atoms with E-state index in [0.29, 0.717) is 19.0 Å². The molecule has 25 heavy (non-hydrogen) atoms. The Morgan fingerprint density at radius 1 is 1.16 bits per heavy atom.